The number of benzene rings is 1. The van der Waals surface area contributed by atoms with Crippen molar-refractivity contribution >= 4 is 42.8 Å². The van der Waals surface area contributed by atoms with Crippen molar-refractivity contribution in [2.45, 2.75) is 25.9 Å². The zero-order valence-electron chi connectivity index (χ0n) is 10.8. The molecule has 0 fully saturated rings. The Morgan fingerprint density at radius 3 is 2.00 bits per heavy atom. The van der Waals surface area contributed by atoms with Gasteiger partial charge in [0.15, 0.2) is 0 Å². The molecule has 0 unspecified atom stereocenters. The third kappa shape index (κ3) is 4.36. The van der Waals surface area contributed by atoms with Gasteiger partial charge < -0.3 is 0 Å². The quantitative estimate of drug-likeness (QED) is 0.676. The third-order valence-electron chi connectivity index (χ3n) is 2.91. The number of hydrogen-bond acceptors (Lipinski definition) is 0. The topological polar surface area (TPSA) is 0 Å². The molecule has 0 aromatic heterocycles. The summed E-state index contributed by atoms with van der Waals surface area (Å²) in [5.41, 5.74) is 8.00. The van der Waals surface area contributed by atoms with E-state index in [1.807, 2.05) is 0 Å². The van der Waals surface area contributed by atoms with Gasteiger partial charge in [0.1, 0.15) is 0 Å². The molecule has 0 saturated carbocycles. The Bertz CT molecular complexity index is 430. The van der Waals surface area contributed by atoms with Gasteiger partial charge in [-0.3, -0.25) is 0 Å². The molecule has 1 aliphatic carbocycles. The van der Waals surface area contributed by atoms with Crippen LogP contribution in [0.1, 0.15) is 23.1 Å². The summed E-state index contributed by atoms with van der Waals surface area (Å²) in [6.45, 7) is 4.41. The zero-order valence-corrected chi connectivity index (χ0v) is 14.6. The average Bonchev–Trinajstić information content (AvgIpc) is 2.66. The van der Waals surface area contributed by atoms with E-state index in [0.29, 0.717) is 16.3 Å². The number of allylic oxidation sites excluding steroid dienone is 4. The summed E-state index contributed by atoms with van der Waals surface area (Å²) in [7, 11) is 0. The number of halogens is 3. The monoisotopic (exact) mass is 343 g/mol. The van der Waals surface area contributed by atoms with Crippen LogP contribution in [0.25, 0.3) is 5.57 Å². The van der Waals surface area contributed by atoms with Crippen LogP contribution in [0.2, 0.25) is 5.64 Å². The first-order valence-electron chi connectivity index (χ1n) is 5.29. The Kier molecular flexibility index (Phi) is 10.4. The molecule has 0 bridgehead atoms. The third-order valence-corrected chi connectivity index (χ3v) is 4.29. The van der Waals surface area contributed by atoms with Crippen molar-refractivity contribution < 1.29 is 16.3 Å². The number of hydrogen-bond donors (Lipinski definition) is 0. The molecular weight excluding hydrogens is 325 g/mol. The van der Waals surface area contributed by atoms with Gasteiger partial charge in [-0.25, -0.2) is 0 Å². The van der Waals surface area contributed by atoms with Crippen molar-refractivity contribution in [1.82, 2.24) is 0 Å². The minimum absolute atomic E-state index is 0. The molecule has 2 rings (SSSR count). The molecular formula is C14H19Cl3V. The van der Waals surface area contributed by atoms with Crippen LogP contribution in [-0.2, 0) is 16.3 Å². The first kappa shape index (κ1) is 20.5. The summed E-state index contributed by atoms with van der Waals surface area (Å²) >= 11 is 0.407. The van der Waals surface area contributed by atoms with Crippen LogP contribution < -0.4 is 0 Å². The van der Waals surface area contributed by atoms with E-state index in [0.717, 1.165) is 0 Å². The second-order valence-electron chi connectivity index (χ2n) is 3.99. The molecule has 1 aliphatic rings. The van der Waals surface area contributed by atoms with Gasteiger partial charge in [-0.15, -0.1) is 37.2 Å². The van der Waals surface area contributed by atoms with Gasteiger partial charge in [0.05, 0.1) is 0 Å². The van der Waals surface area contributed by atoms with Crippen molar-refractivity contribution in [1.29, 1.82) is 0 Å². The summed E-state index contributed by atoms with van der Waals surface area (Å²) in [4.78, 5) is 0. The molecule has 0 spiro atoms. The fourth-order valence-electron chi connectivity index (χ4n) is 2.11. The summed E-state index contributed by atoms with van der Waals surface area (Å²) < 4.78 is 1.64. The summed E-state index contributed by atoms with van der Waals surface area (Å²) in [5.74, 6) is 0. The standard InChI is InChI=1S/C13H13.CH3.3ClH.V/c1-10-6-5-7-11(2)13(10)12-8-3-4-9-12;;;;;/h5-9H,3H2,1-2H3;1H3;3*1H;. The summed E-state index contributed by atoms with van der Waals surface area (Å²) in [6, 6.07) is 6.55. The summed E-state index contributed by atoms with van der Waals surface area (Å²) in [5, 5.41) is 0. The SMILES string of the molecule is Cl.Cl.Cl.[CH3][V][C]1=CC(c2c(C)cccc2C)=CC1. The van der Waals surface area contributed by atoms with E-state index in [1.165, 1.54) is 28.7 Å². The van der Waals surface area contributed by atoms with Crippen molar-refractivity contribution in [2.75, 3.05) is 0 Å². The fraction of sp³-hybridized carbons (Fsp3) is 0.286. The molecule has 0 aliphatic heterocycles. The second-order valence-corrected chi connectivity index (χ2v) is 5.59. The van der Waals surface area contributed by atoms with Gasteiger partial charge in [-0.2, -0.15) is 0 Å². The molecule has 0 nitrogen and oxygen atoms in total. The Labute approximate surface area is 136 Å². The fourth-order valence-corrected chi connectivity index (χ4v) is 2.96. The maximum absolute atomic E-state index is 2.40. The normalized spacial score (nSPS) is 12.4. The van der Waals surface area contributed by atoms with Gasteiger partial charge in [-0.1, -0.05) is 0 Å². The molecule has 4 heteroatoms. The Hall–Kier alpha value is 0.154. The second kappa shape index (κ2) is 9.12. The molecule has 0 atom stereocenters. The molecule has 0 radical (unpaired) electrons. The van der Waals surface area contributed by atoms with Crippen molar-refractivity contribution in [3.63, 3.8) is 0 Å². The first-order chi connectivity index (χ1) is 7.22. The van der Waals surface area contributed by atoms with E-state index in [2.05, 4.69) is 49.8 Å². The minimum atomic E-state index is 0. The molecule has 1 aromatic rings. The van der Waals surface area contributed by atoms with E-state index < -0.39 is 0 Å². The van der Waals surface area contributed by atoms with Crippen LogP contribution in [0, 0.1) is 13.8 Å². The molecule has 1 aromatic carbocycles. The molecule has 101 valence electrons. The van der Waals surface area contributed by atoms with Crippen LogP contribution in [0.3, 0.4) is 0 Å². The van der Waals surface area contributed by atoms with E-state index in [-0.39, 0.29) is 37.2 Å². The van der Waals surface area contributed by atoms with Crippen LogP contribution >= 0.6 is 37.2 Å². The van der Waals surface area contributed by atoms with Crippen LogP contribution in [-0.4, -0.2) is 0 Å². The molecule has 0 N–H and O–H groups in total. The number of rotatable bonds is 2. The van der Waals surface area contributed by atoms with Gasteiger partial charge in [0, 0.05) is 0 Å². The van der Waals surface area contributed by atoms with Gasteiger partial charge in [0.25, 0.3) is 0 Å². The van der Waals surface area contributed by atoms with Crippen LogP contribution in [0.4, 0.5) is 0 Å². The summed E-state index contributed by atoms with van der Waals surface area (Å²) in [6.07, 6.45) is 5.96. The maximum atomic E-state index is 2.40. The predicted molar refractivity (Wildman–Crippen MR) is 84.2 cm³/mol. The van der Waals surface area contributed by atoms with Crippen molar-refractivity contribution in [3.8, 4) is 0 Å². The van der Waals surface area contributed by atoms with E-state index >= 15 is 0 Å². The van der Waals surface area contributed by atoms with Gasteiger partial charge in [-0.05, 0) is 0 Å². The molecule has 0 heterocycles. The first-order valence-corrected chi connectivity index (χ1v) is 7.39. The van der Waals surface area contributed by atoms with Gasteiger partial charge >= 0.3 is 99.1 Å². The van der Waals surface area contributed by atoms with Crippen LogP contribution in [0.5, 0.6) is 0 Å². The predicted octanol–water partition coefficient (Wildman–Crippen LogP) is 5.37. The Morgan fingerprint density at radius 1 is 1.00 bits per heavy atom. The van der Waals surface area contributed by atoms with E-state index in [1.54, 1.807) is 4.28 Å². The van der Waals surface area contributed by atoms with Gasteiger partial charge in [0.2, 0.25) is 0 Å². The van der Waals surface area contributed by atoms with E-state index in [4.69, 9.17) is 0 Å². The van der Waals surface area contributed by atoms with Crippen molar-refractivity contribution in [2.24, 2.45) is 0 Å². The van der Waals surface area contributed by atoms with Crippen LogP contribution in [0.15, 0.2) is 34.6 Å². The molecule has 18 heavy (non-hydrogen) atoms. The average molecular weight is 345 g/mol. The van der Waals surface area contributed by atoms with Crippen molar-refractivity contribution in [3.05, 3.63) is 51.3 Å². The Balaban J connectivity index is 0. The van der Waals surface area contributed by atoms with E-state index in [9.17, 15) is 0 Å². The molecule has 0 saturated heterocycles. The Morgan fingerprint density at radius 2 is 1.56 bits per heavy atom. The molecule has 0 amide bonds. The zero-order chi connectivity index (χ0) is 10.8. The number of aryl methyl sites for hydroxylation is 2.